The van der Waals surface area contributed by atoms with Gasteiger partial charge >= 0.3 is 0 Å². The third-order valence-electron chi connectivity index (χ3n) is 6.96. The molecule has 2 heterocycles. The lowest BCUT2D eigenvalue weighted by Crippen LogP contribution is -2.54. The number of anilines is 1. The van der Waals surface area contributed by atoms with Gasteiger partial charge in [-0.25, -0.2) is 0 Å². The van der Waals surface area contributed by atoms with Crippen LogP contribution in [-0.2, 0) is 16.9 Å². The number of rotatable bonds is 6. The first kappa shape index (κ1) is 23.1. The number of carbonyl (C=O) groups is 1. The van der Waals surface area contributed by atoms with Gasteiger partial charge in [0, 0.05) is 27.7 Å². The van der Waals surface area contributed by atoms with Crippen molar-refractivity contribution < 1.29 is 19.2 Å². The van der Waals surface area contributed by atoms with E-state index in [1.807, 2.05) is 18.2 Å². The van der Waals surface area contributed by atoms with E-state index in [0.717, 1.165) is 5.56 Å². The molecule has 0 saturated carbocycles. The number of benzene rings is 3. The first-order valence-corrected chi connectivity index (χ1v) is 11.5. The number of ether oxygens (including phenoxy) is 2. The lowest BCUT2D eigenvalue weighted by molar-refractivity contribution is -0.534. The molecule has 0 radical (unpaired) electrons. The molecule has 2 aliphatic heterocycles. The number of amides is 1. The maximum Gasteiger partial charge on any atom is 0.256 e. The van der Waals surface area contributed by atoms with Crippen LogP contribution in [0.5, 0.6) is 11.5 Å². The summed E-state index contributed by atoms with van der Waals surface area (Å²) >= 11 is 5.95. The van der Waals surface area contributed by atoms with E-state index < -0.39 is 17.5 Å². The molecule has 35 heavy (non-hydrogen) atoms. The van der Waals surface area contributed by atoms with Gasteiger partial charge in [-0.2, -0.15) is 0 Å². The summed E-state index contributed by atoms with van der Waals surface area (Å²) in [5, 5.41) is 16.0. The summed E-state index contributed by atoms with van der Waals surface area (Å²) < 4.78 is 11.5. The summed E-state index contributed by atoms with van der Waals surface area (Å²) in [6.45, 7) is 0.651. The largest absolute Gasteiger partial charge is 0.493 e. The molecule has 3 aromatic carbocycles. The van der Waals surface area contributed by atoms with Gasteiger partial charge in [0.15, 0.2) is 17.0 Å². The van der Waals surface area contributed by atoms with Crippen LogP contribution in [-0.4, -0.2) is 42.5 Å². The van der Waals surface area contributed by atoms with Gasteiger partial charge in [0.25, 0.3) is 11.9 Å². The zero-order valence-electron chi connectivity index (χ0n) is 19.2. The van der Waals surface area contributed by atoms with E-state index >= 15 is 0 Å². The second-order valence-corrected chi connectivity index (χ2v) is 9.25. The molecule has 2 aliphatic rings. The topological polar surface area (TPSA) is 93.9 Å². The van der Waals surface area contributed by atoms with Crippen LogP contribution in [0.3, 0.4) is 0 Å². The fraction of sp³-hybridized carbons (Fsp3) is 0.269. The third-order valence-corrected chi connectivity index (χ3v) is 7.22. The molecule has 5 rings (SSSR count). The maximum absolute atomic E-state index is 13.3. The van der Waals surface area contributed by atoms with Gasteiger partial charge in [-0.15, -0.1) is 0 Å². The number of nitrogens with one attached hydrogen (secondary N) is 1. The van der Waals surface area contributed by atoms with Crippen LogP contribution in [0, 0.1) is 10.1 Å². The molecule has 1 saturated heterocycles. The van der Waals surface area contributed by atoms with Crippen LogP contribution in [0.25, 0.3) is 0 Å². The van der Waals surface area contributed by atoms with Gasteiger partial charge < -0.3 is 14.8 Å². The Morgan fingerprint density at radius 2 is 1.89 bits per heavy atom. The minimum Gasteiger partial charge on any atom is -0.493 e. The van der Waals surface area contributed by atoms with Crippen LogP contribution < -0.4 is 14.8 Å². The fourth-order valence-corrected chi connectivity index (χ4v) is 5.48. The molecule has 9 heteroatoms. The zero-order chi connectivity index (χ0) is 24.7. The summed E-state index contributed by atoms with van der Waals surface area (Å²) in [7, 11) is 3.29. The average molecular weight is 494 g/mol. The Labute approximate surface area is 207 Å². The van der Waals surface area contributed by atoms with Crippen LogP contribution >= 0.6 is 11.6 Å². The molecule has 1 N–H and O–H groups in total. The van der Waals surface area contributed by atoms with Crippen molar-refractivity contribution in [3.8, 4) is 11.5 Å². The first-order chi connectivity index (χ1) is 16.9. The van der Waals surface area contributed by atoms with Gasteiger partial charge in [0.1, 0.15) is 6.61 Å². The van der Waals surface area contributed by atoms with Crippen LogP contribution in [0.15, 0.2) is 66.7 Å². The monoisotopic (exact) mass is 493 g/mol. The van der Waals surface area contributed by atoms with Crippen molar-refractivity contribution in [1.29, 1.82) is 0 Å². The second-order valence-electron chi connectivity index (χ2n) is 8.81. The molecule has 1 spiro atoms. The normalized spacial score (nSPS) is 23.2. The summed E-state index contributed by atoms with van der Waals surface area (Å²) in [4.78, 5) is 27.2. The highest BCUT2D eigenvalue weighted by Gasteiger charge is 2.68. The highest BCUT2D eigenvalue weighted by molar-refractivity contribution is 6.30. The van der Waals surface area contributed by atoms with Crippen molar-refractivity contribution in [3.63, 3.8) is 0 Å². The van der Waals surface area contributed by atoms with Gasteiger partial charge in [0.2, 0.25) is 0 Å². The van der Waals surface area contributed by atoms with Crippen molar-refractivity contribution in [3.05, 3.63) is 98.6 Å². The molecular formula is C26H24ClN3O5. The number of likely N-dealkylation sites (N-methyl/N-ethyl adjacent to an activating group) is 1. The number of halogens is 1. The standard InChI is InChI=1S/C26H24ClN3O5/c1-29-14-19(24(30(32)33)26(29)20-5-3-4-6-21(20)28-25(26)31)17-9-12-22(23(13-17)34-2)35-15-16-7-10-18(27)11-8-16/h3-13,19,24H,14-15H2,1-2H3,(H,28,31)/t19-,24+,26-/m0/s1. The smallest absolute Gasteiger partial charge is 0.256 e. The number of hydrogen-bond acceptors (Lipinski definition) is 6. The van der Waals surface area contributed by atoms with E-state index in [4.69, 9.17) is 21.1 Å². The summed E-state index contributed by atoms with van der Waals surface area (Å²) in [5.74, 6) is 0.0821. The molecule has 8 nitrogen and oxygen atoms in total. The van der Waals surface area contributed by atoms with Crippen LogP contribution in [0.2, 0.25) is 5.02 Å². The van der Waals surface area contributed by atoms with Gasteiger partial charge in [-0.1, -0.05) is 48.0 Å². The number of methoxy groups -OCH3 is 1. The second kappa shape index (κ2) is 8.87. The molecule has 0 aliphatic carbocycles. The molecule has 0 unspecified atom stereocenters. The Morgan fingerprint density at radius 1 is 1.14 bits per heavy atom. The first-order valence-electron chi connectivity index (χ1n) is 11.2. The Balaban J connectivity index is 1.48. The zero-order valence-corrected chi connectivity index (χ0v) is 20.0. The van der Waals surface area contributed by atoms with Crippen molar-refractivity contribution >= 4 is 23.2 Å². The van der Waals surface area contributed by atoms with E-state index in [1.54, 1.807) is 60.5 Å². The number of carbonyl (C=O) groups excluding carboxylic acids is 1. The molecule has 0 bridgehead atoms. The van der Waals surface area contributed by atoms with Crippen LogP contribution in [0.4, 0.5) is 5.69 Å². The van der Waals surface area contributed by atoms with E-state index in [2.05, 4.69) is 5.32 Å². The Morgan fingerprint density at radius 3 is 2.60 bits per heavy atom. The lowest BCUT2D eigenvalue weighted by Gasteiger charge is -2.30. The summed E-state index contributed by atoms with van der Waals surface area (Å²) in [6.07, 6.45) is 0. The Hall–Kier alpha value is -3.62. The molecule has 1 amide bonds. The van der Waals surface area contributed by atoms with Crippen molar-refractivity contribution in [2.24, 2.45) is 0 Å². The summed E-state index contributed by atoms with van der Waals surface area (Å²) in [6, 6.07) is 18.7. The number of nitro groups is 1. The Kier molecular flexibility index (Phi) is 5.86. The predicted octanol–water partition coefficient (Wildman–Crippen LogP) is 4.45. The number of nitrogens with zero attached hydrogens (tertiary/aromatic N) is 2. The van der Waals surface area contributed by atoms with E-state index in [-0.39, 0.29) is 10.8 Å². The molecule has 0 aromatic heterocycles. The third kappa shape index (κ3) is 3.69. The molecule has 180 valence electrons. The van der Waals surface area contributed by atoms with E-state index in [9.17, 15) is 14.9 Å². The SMILES string of the molecule is COc1cc([C@@H]2CN(C)[C@]3(C(=O)Nc4ccccc43)[C@@H]2[N+](=O)[O-])ccc1OCc1ccc(Cl)cc1. The molecule has 3 aromatic rings. The molecular weight excluding hydrogens is 470 g/mol. The highest BCUT2D eigenvalue weighted by Crippen LogP contribution is 2.52. The van der Waals surface area contributed by atoms with Gasteiger partial charge in [-0.05, 0) is 48.5 Å². The van der Waals surface area contributed by atoms with E-state index in [0.29, 0.717) is 46.5 Å². The number of likely N-dealkylation sites (tertiary alicyclic amines) is 1. The molecule has 1 fully saturated rings. The van der Waals surface area contributed by atoms with Crippen molar-refractivity contribution in [2.75, 3.05) is 26.0 Å². The van der Waals surface area contributed by atoms with Gasteiger partial charge in [0.05, 0.1) is 13.0 Å². The maximum atomic E-state index is 13.3. The van der Waals surface area contributed by atoms with Crippen molar-refractivity contribution in [2.45, 2.75) is 24.1 Å². The lowest BCUT2D eigenvalue weighted by atomic mass is 9.79. The minimum absolute atomic E-state index is 0.316. The number of fused-ring (bicyclic) bond motifs is 2. The quantitative estimate of drug-likeness (QED) is 0.403. The predicted molar refractivity (Wildman–Crippen MR) is 132 cm³/mol. The van der Waals surface area contributed by atoms with Crippen molar-refractivity contribution in [1.82, 2.24) is 4.90 Å². The van der Waals surface area contributed by atoms with Crippen LogP contribution in [0.1, 0.15) is 22.6 Å². The van der Waals surface area contributed by atoms with E-state index in [1.165, 1.54) is 7.11 Å². The van der Waals surface area contributed by atoms with Gasteiger partial charge in [-0.3, -0.25) is 19.8 Å². The number of para-hydroxylation sites is 1. The summed E-state index contributed by atoms with van der Waals surface area (Å²) in [5.41, 5.74) is 1.51. The fourth-order valence-electron chi connectivity index (χ4n) is 5.36. The number of hydrogen-bond donors (Lipinski definition) is 1. The average Bonchev–Trinajstić information content (AvgIpc) is 3.33. The Bertz CT molecular complexity index is 1300. The highest BCUT2D eigenvalue weighted by atomic mass is 35.5. The molecule has 3 atom stereocenters. The minimum atomic E-state index is -1.39.